The van der Waals surface area contributed by atoms with E-state index >= 15 is 0 Å². The normalized spacial score (nSPS) is 11.5. The number of allylic oxidation sites excluding steroid dienone is 1. The van der Waals surface area contributed by atoms with Crippen molar-refractivity contribution in [1.82, 2.24) is 30.1 Å². The first-order valence-corrected chi connectivity index (χ1v) is 12.4. The Morgan fingerprint density at radius 1 is 0.947 bits per heavy atom. The standard InChI is InChI=1S/C30H26FN7/c1-16(2)18(4)33-22-13-20(14-32-15-22)24-8-9-26-28(34-24)29(38-37-26)30-35-25-7-5-6-23(27(25)36-30)19-10-17(3)11-21(31)12-19/h5-16,33H,4H2,1-3H3,(H,35,36)(H,37,38). The van der Waals surface area contributed by atoms with Gasteiger partial charge in [-0.15, -0.1) is 0 Å². The van der Waals surface area contributed by atoms with Gasteiger partial charge >= 0.3 is 0 Å². The lowest BCUT2D eigenvalue weighted by atomic mass is 10.0. The topological polar surface area (TPSA) is 95.2 Å². The maximum absolute atomic E-state index is 14.2. The first kappa shape index (κ1) is 23.5. The molecule has 0 aliphatic rings. The molecule has 0 aliphatic carbocycles. The molecule has 0 spiro atoms. The van der Waals surface area contributed by atoms with E-state index in [2.05, 4.69) is 45.9 Å². The van der Waals surface area contributed by atoms with Gasteiger partial charge in [0.1, 0.15) is 11.3 Å². The molecule has 0 bridgehead atoms. The molecule has 38 heavy (non-hydrogen) atoms. The van der Waals surface area contributed by atoms with Gasteiger partial charge < -0.3 is 10.3 Å². The summed E-state index contributed by atoms with van der Waals surface area (Å²) in [6.45, 7) is 10.1. The minimum Gasteiger partial charge on any atom is -0.358 e. The molecular formula is C30H26FN7. The Kier molecular flexibility index (Phi) is 5.72. The number of hydrogen-bond acceptors (Lipinski definition) is 5. The lowest BCUT2D eigenvalue weighted by Gasteiger charge is -2.13. The Bertz CT molecular complexity index is 1810. The highest BCUT2D eigenvalue weighted by Gasteiger charge is 2.17. The van der Waals surface area contributed by atoms with Gasteiger partial charge in [0.25, 0.3) is 0 Å². The van der Waals surface area contributed by atoms with Gasteiger partial charge in [-0.25, -0.2) is 14.4 Å². The molecule has 0 saturated carbocycles. The SMILES string of the molecule is C=C(Nc1cncc(-c2ccc3[nH]nc(-c4nc5c(-c6cc(C)cc(F)c6)cccc5[nH]4)c3n2)c1)C(C)C. The van der Waals surface area contributed by atoms with Crippen molar-refractivity contribution in [2.24, 2.45) is 5.92 Å². The van der Waals surface area contributed by atoms with Crippen LogP contribution in [0.4, 0.5) is 10.1 Å². The van der Waals surface area contributed by atoms with E-state index < -0.39 is 0 Å². The Morgan fingerprint density at radius 2 is 1.82 bits per heavy atom. The first-order chi connectivity index (χ1) is 18.4. The number of rotatable bonds is 6. The van der Waals surface area contributed by atoms with Crippen molar-refractivity contribution >= 4 is 27.8 Å². The molecule has 4 heterocycles. The summed E-state index contributed by atoms with van der Waals surface area (Å²) in [4.78, 5) is 17.6. The Labute approximate surface area is 218 Å². The molecular weight excluding hydrogens is 477 g/mol. The number of halogens is 1. The van der Waals surface area contributed by atoms with Crippen molar-refractivity contribution in [2.45, 2.75) is 20.8 Å². The molecule has 188 valence electrons. The van der Waals surface area contributed by atoms with Gasteiger partial charge in [-0.2, -0.15) is 5.10 Å². The molecule has 6 aromatic rings. The second-order valence-electron chi connectivity index (χ2n) is 9.74. The molecule has 0 radical (unpaired) electrons. The van der Waals surface area contributed by atoms with E-state index in [1.807, 2.05) is 49.4 Å². The Balaban J connectivity index is 1.42. The summed E-state index contributed by atoms with van der Waals surface area (Å²) in [7, 11) is 0. The molecule has 0 amide bonds. The smallest absolute Gasteiger partial charge is 0.161 e. The molecule has 0 saturated heterocycles. The number of H-pyrrole nitrogens is 2. The number of fused-ring (bicyclic) bond motifs is 2. The van der Waals surface area contributed by atoms with Gasteiger partial charge in [0.15, 0.2) is 11.5 Å². The van der Waals surface area contributed by atoms with Crippen LogP contribution >= 0.6 is 0 Å². The molecule has 7 nitrogen and oxygen atoms in total. The highest BCUT2D eigenvalue weighted by molar-refractivity contribution is 5.96. The number of nitrogens with zero attached hydrogens (tertiary/aromatic N) is 4. The van der Waals surface area contributed by atoms with Gasteiger partial charge in [-0.05, 0) is 60.4 Å². The van der Waals surface area contributed by atoms with E-state index in [1.165, 1.54) is 12.1 Å². The molecule has 0 unspecified atom stereocenters. The van der Waals surface area contributed by atoms with Crippen LogP contribution in [0.1, 0.15) is 19.4 Å². The summed E-state index contributed by atoms with van der Waals surface area (Å²) in [6, 6.07) is 16.7. The lowest BCUT2D eigenvalue weighted by Crippen LogP contribution is -2.04. The third kappa shape index (κ3) is 4.30. The van der Waals surface area contributed by atoms with Crippen LogP contribution in [0.5, 0.6) is 0 Å². The van der Waals surface area contributed by atoms with Gasteiger partial charge in [-0.1, -0.05) is 38.6 Å². The Hall–Kier alpha value is -4.85. The predicted octanol–water partition coefficient (Wildman–Crippen LogP) is 7.26. The van der Waals surface area contributed by atoms with Gasteiger partial charge in [0, 0.05) is 23.0 Å². The number of para-hydroxylation sites is 1. The number of benzene rings is 2. The van der Waals surface area contributed by atoms with Gasteiger partial charge in [0.05, 0.1) is 34.1 Å². The first-order valence-electron chi connectivity index (χ1n) is 12.4. The van der Waals surface area contributed by atoms with E-state index in [0.29, 0.717) is 23.0 Å². The molecule has 6 rings (SSSR count). The van der Waals surface area contributed by atoms with Crippen molar-refractivity contribution in [3.63, 3.8) is 0 Å². The van der Waals surface area contributed by atoms with E-state index in [1.54, 1.807) is 12.4 Å². The second-order valence-corrected chi connectivity index (χ2v) is 9.74. The molecule has 0 fully saturated rings. The Morgan fingerprint density at radius 3 is 2.63 bits per heavy atom. The summed E-state index contributed by atoms with van der Waals surface area (Å²) in [6.07, 6.45) is 3.55. The van der Waals surface area contributed by atoms with Crippen molar-refractivity contribution in [1.29, 1.82) is 0 Å². The van der Waals surface area contributed by atoms with Crippen LogP contribution in [0, 0.1) is 18.7 Å². The summed E-state index contributed by atoms with van der Waals surface area (Å²) in [5.41, 5.74) is 9.55. The lowest BCUT2D eigenvalue weighted by molar-refractivity contribution is 0.627. The fourth-order valence-electron chi connectivity index (χ4n) is 4.47. The largest absolute Gasteiger partial charge is 0.358 e. The third-order valence-electron chi connectivity index (χ3n) is 6.53. The number of pyridine rings is 2. The number of hydrogen-bond donors (Lipinski definition) is 3. The number of aryl methyl sites for hydroxylation is 1. The summed E-state index contributed by atoms with van der Waals surface area (Å²) in [5.74, 6) is 0.610. The maximum atomic E-state index is 14.2. The molecule has 8 heteroatoms. The molecule has 3 N–H and O–H groups in total. The quantitative estimate of drug-likeness (QED) is 0.222. The number of imidazole rings is 1. The zero-order valence-electron chi connectivity index (χ0n) is 21.3. The van der Waals surface area contributed by atoms with Crippen molar-refractivity contribution in [3.05, 3.63) is 90.6 Å². The number of anilines is 1. The average molecular weight is 504 g/mol. The van der Waals surface area contributed by atoms with Crippen molar-refractivity contribution in [3.8, 4) is 33.9 Å². The summed E-state index contributed by atoms with van der Waals surface area (Å²) >= 11 is 0. The van der Waals surface area contributed by atoms with E-state index in [0.717, 1.165) is 55.9 Å². The van der Waals surface area contributed by atoms with Crippen molar-refractivity contribution in [2.75, 3.05) is 5.32 Å². The predicted molar refractivity (Wildman–Crippen MR) is 150 cm³/mol. The van der Waals surface area contributed by atoms with Gasteiger partial charge in [-0.3, -0.25) is 10.1 Å². The zero-order chi connectivity index (χ0) is 26.4. The van der Waals surface area contributed by atoms with E-state index in [-0.39, 0.29) is 5.82 Å². The highest BCUT2D eigenvalue weighted by atomic mass is 19.1. The molecule has 0 atom stereocenters. The van der Waals surface area contributed by atoms with Crippen LogP contribution in [0.3, 0.4) is 0 Å². The van der Waals surface area contributed by atoms with Crippen LogP contribution in [-0.4, -0.2) is 30.1 Å². The zero-order valence-corrected chi connectivity index (χ0v) is 21.3. The van der Waals surface area contributed by atoms with Crippen LogP contribution in [0.2, 0.25) is 0 Å². The number of nitrogens with one attached hydrogen (secondary N) is 3. The second kappa shape index (κ2) is 9.23. The third-order valence-corrected chi connectivity index (χ3v) is 6.53. The fraction of sp³-hybridized carbons (Fsp3) is 0.133. The van der Waals surface area contributed by atoms with E-state index in [4.69, 9.17) is 9.97 Å². The summed E-state index contributed by atoms with van der Waals surface area (Å²) in [5, 5.41) is 10.9. The number of aromatic amines is 2. The number of aromatic nitrogens is 6. The molecule has 4 aromatic heterocycles. The van der Waals surface area contributed by atoms with Crippen LogP contribution in [0.25, 0.3) is 56.0 Å². The van der Waals surface area contributed by atoms with Crippen LogP contribution < -0.4 is 5.32 Å². The minimum atomic E-state index is -0.273. The van der Waals surface area contributed by atoms with Crippen LogP contribution in [-0.2, 0) is 0 Å². The summed E-state index contributed by atoms with van der Waals surface area (Å²) < 4.78 is 14.2. The molecule has 2 aromatic carbocycles. The van der Waals surface area contributed by atoms with Gasteiger partial charge in [0.2, 0.25) is 0 Å². The minimum absolute atomic E-state index is 0.273. The monoisotopic (exact) mass is 503 g/mol. The average Bonchev–Trinajstić information content (AvgIpc) is 3.51. The highest BCUT2D eigenvalue weighted by Crippen LogP contribution is 2.32. The fourth-order valence-corrected chi connectivity index (χ4v) is 4.47. The van der Waals surface area contributed by atoms with Crippen molar-refractivity contribution < 1.29 is 4.39 Å². The maximum Gasteiger partial charge on any atom is 0.161 e. The van der Waals surface area contributed by atoms with Crippen LogP contribution in [0.15, 0.2) is 79.3 Å². The van der Waals surface area contributed by atoms with E-state index in [9.17, 15) is 4.39 Å². The molecule has 0 aliphatic heterocycles.